The average molecular weight is 913 g/mol. The number of nitrogens with one attached hydrogen (secondary N) is 3. The smallest absolute Gasteiger partial charge is 0.254 e. The standard InChI is InChI=1S/C49H58ClFN6O8/c1-30(31-5-7-32(8-6-31)36-15-19-52-42-12-9-33(51)27-38(36)42)47(60)54-34-10-11-40(50)44(28-34)65-35-16-21-56(22-17-35)46(59)18-23-63-25-26-64-24-20-53-41-4-2-3-37-39(41)29-57(49(37)62)43-13-14-45(58)55-48(43)61/h2-4,9-12,15,19,27-28,30-32,35,43,48,53,61H,5-8,13-14,16-18,20-26,29H2,1H3,(H,54,60)(H,55,58)/t30-,31?,32?,43?,48?/m1/s1. The Morgan fingerprint density at radius 1 is 0.954 bits per heavy atom. The number of anilines is 2. The van der Waals surface area contributed by atoms with Crippen LogP contribution in [-0.2, 0) is 30.4 Å². The van der Waals surface area contributed by atoms with Crippen LogP contribution in [0.2, 0.25) is 5.02 Å². The van der Waals surface area contributed by atoms with Gasteiger partial charge in [0.25, 0.3) is 5.91 Å². The molecule has 3 aliphatic heterocycles. The number of fused-ring (bicyclic) bond motifs is 2. The van der Waals surface area contributed by atoms with Crippen molar-refractivity contribution in [2.75, 3.05) is 56.7 Å². The molecule has 4 heterocycles. The van der Waals surface area contributed by atoms with E-state index >= 15 is 0 Å². The number of piperidine rings is 2. The molecule has 3 atom stereocenters. The summed E-state index contributed by atoms with van der Waals surface area (Å²) in [5, 5.41) is 20.6. The van der Waals surface area contributed by atoms with Gasteiger partial charge in [-0.05, 0) is 98.0 Å². The van der Waals surface area contributed by atoms with Gasteiger partial charge >= 0.3 is 0 Å². The molecule has 1 saturated carbocycles. The molecule has 65 heavy (non-hydrogen) atoms. The Kier molecular flexibility index (Phi) is 15.1. The minimum absolute atomic E-state index is 0.0235. The van der Waals surface area contributed by atoms with Gasteiger partial charge in [0.2, 0.25) is 17.7 Å². The van der Waals surface area contributed by atoms with E-state index in [0.717, 1.165) is 53.4 Å². The molecule has 16 heteroatoms. The zero-order valence-corrected chi connectivity index (χ0v) is 37.5. The maximum Gasteiger partial charge on any atom is 0.254 e. The Morgan fingerprint density at radius 2 is 1.74 bits per heavy atom. The van der Waals surface area contributed by atoms with Crippen molar-refractivity contribution in [1.29, 1.82) is 0 Å². The minimum Gasteiger partial charge on any atom is -0.489 e. The van der Waals surface area contributed by atoms with E-state index in [1.54, 1.807) is 47.5 Å². The third-order valence-corrected chi connectivity index (χ3v) is 13.8. The van der Waals surface area contributed by atoms with Gasteiger partial charge in [-0.1, -0.05) is 24.6 Å². The number of rotatable bonds is 17. The van der Waals surface area contributed by atoms with Crippen molar-refractivity contribution in [2.45, 2.75) is 95.5 Å². The fourth-order valence-electron chi connectivity index (χ4n) is 9.75. The van der Waals surface area contributed by atoms with Crippen LogP contribution in [0.1, 0.15) is 92.1 Å². The Balaban J connectivity index is 0.692. The Morgan fingerprint density at radius 3 is 2.52 bits per heavy atom. The van der Waals surface area contributed by atoms with Crippen LogP contribution < -0.4 is 20.7 Å². The fourth-order valence-corrected chi connectivity index (χ4v) is 9.91. The van der Waals surface area contributed by atoms with Crippen molar-refractivity contribution in [3.05, 3.63) is 94.4 Å². The number of likely N-dealkylation sites (tertiary alicyclic amines) is 1. The molecule has 0 radical (unpaired) electrons. The molecule has 4 aromatic rings. The first-order chi connectivity index (χ1) is 31.5. The summed E-state index contributed by atoms with van der Waals surface area (Å²) in [6.45, 7) is 5.37. The molecule has 4 aliphatic rings. The first-order valence-electron chi connectivity index (χ1n) is 22.9. The lowest BCUT2D eigenvalue weighted by Gasteiger charge is -2.35. The number of amides is 4. The summed E-state index contributed by atoms with van der Waals surface area (Å²) in [4.78, 5) is 59.0. The zero-order valence-electron chi connectivity index (χ0n) is 36.7. The van der Waals surface area contributed by atoms with E-state index in [1.807, 2.05) is 30.0 Å². The highest BCUT2D eigenvalue weighted by Crippen LogP contribution is 2.41. The van der Waals surface area contributed by atoms with Crippen molar-refractivity contribution < 1.29 is 42.9 Å². The summed E-state index contributed by atoms with van der Waals surface area (Å²) in [6.07, 6.45) is 6.47. The molecule has 0 spiro atoms. The third kappa shape index (κ3) is 11.2. The van der Waals surface area contributed by atoms with Crippen LogP contribution in [0.25, 0.3) is 10.9 Å². The number of hydrogen-bond acceptors (Lipinski definition) is 10. The van der Waals surface area contributed by atoms with E-state index in [2.05, 4.69) is 20.9 Å². The number of ether oxygens (including phenoxy) is 3. The Hall–Kier alpha value is -5.35. The van der Waals surface area contributed by atoms with Gasteiger partial charge in [0.05, 0.1) is 49.4 Å². The molecule has 4 N–H and O–H groups in total. The number of hydrogen-bond donors (Lipinski definition) is 4. The van der Waals surface area contributed by atoms with Crippen molar-refractivity contribution in [1.82, 2.24) is 20.1 Å². The molecule has 346 valence electrons. The number of carbonyl (C=O) groups excluding carboxylic acids is 4. The zero-order chi connectivity index (χ0) is 45.5. The summed E-state index contributed by atoms with van der Waals surface area (Å²) >= 11 is 6.54. The van der Waals surface area contributed by atoms with Crippen LogP contribution in [-0.4, -0.2) is 108 Å². The molecular weight excluding hydrogens is 855 g/mol. The second kappa shape index (κ2) is 21.3. The van der Waals surface area contributed by atoms with Gasteiger partial charge < -0.3 is 45.1 Å². The maximum absolute atomic E-state index is 14.1. The van der Waals surface area contributed by atoms with Gasteiger partial charge in [0.15, 0.2) is 0 Å². The topological polar surface area (TPSA) is 172 Å². The number of pyridine rings is 1. The molecule has 2 saturated heterocycles. The molecule has 3 fully saturated rings. The van der Waals surface area contributed by atoms with Crippen LogP contribution in [0, 0.1) is 17.7 Å². The van der Waals surface area contributed by atoms with Gasteiger partial charge in [-0.15, -0.1) is 0 Å². The van der Waals surface area contributed by atoms with E-state index in [0.29, 0.717) is 93.2 Å². The Bertz CT molecular complexity index is 2350. The molecular formula is C49H58ClFN6O8. The lowest BCUT2D eigenvalue weighted by molar-refractivity contribution is -0.134. The number of halogens is 2. The number of aliphatic hydroxyl groups is 1. The van der Waals surface area contributed by atoms with Gasteiger partial charge in [0, 0.05) is 91.5 Å². The monoisotopic (exact) mass is 912 g/mol. The highest BCUT2D eigenvalue weighted by molar-refractivity contribution is 6.32. The first-order valence-corrected chi connectivity index (χ1v) is 23.3. The molecule has 1 aromatic heterocycles. The first kappa shape index (κ1) is 46.2. The number of aromatic nitrogens is 1. The lowest BCUT2D eigenvalue weighted by atomic mass is 9.73. The molecule has 3 aromatic carbocycles. The van der Waals surface area contributed by atoms with Crippen LogP contribution >= 0.6 is 11.6 Å². The molecule has 1 aliphatic carbocycles. The fraction of sp³-hybridized carbons (Fsp3) is 0.490. The summed E-state index contributed by atoms with van der Waals surface area (Å²) in [5.41, 5.74) is 4.82. The van der Waals surface area contributed by atoms with Gasteiger partial charge in [-0.25, -0.2) is 4.39 Å². The van der Waals surface area contributed by atoms with Crippen molar-refractivity contribution in [2.24, 2.45) is 11.8 Å². The average Bonchev–Trinajstić information content (AvgIpc) is 3.65. The SMILES string of the molecule is C[C@@H](C(=O)Nc1ccc(Cl)c(OC2CCN(C(=O)CCOCCOCCNc3cccc4c3CN(C3CCC(=O)NC3O)C4=O)CC2)c1)C1CCC(c2ccnc3ccc(F)cc23)CC1. The number of benzene rings is 3. The minimum atomic E-state index is -1.09. The van der Waals surface area contributed by atoms with Crippen LogP contribution in [0.15, 0.2) is 66.9 Å². The summed E-state index contributed by atoms with van der Waals surface area (Å²) in [5.74, 6) is 0.171. The summed E-state index contributed by atoms with van der Waals surface area (Å²) in [7, 11) is 0. The van der Waals surface area contributed by atoms with Crippen LogP contribution in [0.5, 0.6) is 5.75 Å². The van der Waals surface area contributed by atoms with E-state index in [-0.39, 0.29) is 66.8 Å². The van der Waals surface area contributed by atoms with Crippen molar-refractivity contribution >= 4 is 57.5 Å². The molecule has 2 unspecified atom stereocenters. The number of nitrogens with zero attached hydrogens (tertiary/aromatic N) is 3. The second-order valence-electron chi connectivity index (χ2n) is 17.6. The van der Waals surface area contributed by atoms with E-state index in [4.69, 9.17) is 25.8 Å². The molecule has 14 nitrogen and oxygen atoms in total. The highest BCUT2D eigenvalue weighted by Gasteiger charge is 2.40. The second-order valence-corrected chi connectivity index (χ2v) is 18.0. The normalized spacial score (nSPS) is 21.8. The third-order valence-electron chi connectivity index (χ3n) is 13.5. The largest absolute Gasteiger partial charge is 0.489 e. The van der Waals surface area contributed by atoms with Crippen LogP contribution in [0.4, 0.5) is 15.8 Å². The summed E-state index contributed by atoms with van der Waals surface area (Å²) < 4.78 is 31.8. The van der Waals surface area contributed by atoms with E-state index in [9.17, 15) is 28.7 Å². The quantitative estimate of drug-likeness (QED) is 0.0807. The lowest BCUT2D eigenvalue weighted by Crippen LogP contribution is -2.55. The summed E-state index contributed by atoms with van der Waals surface area (Å²) in [6, 6.07) is 17.1. The Labute approximate surface area is 383 Å². The number of carbonyl (C=O) groups is 4. The molecule has 8 rings (SSSR count). The van der Waals surface area contributed by atoms with E-state index < -0.39 is 12.3 Å². The predicted molar refractivity (Wildman–Crippen MR) is 244 cm³/mol. The predicted octanol–water partition coefficient (Wildman–Crippen LogP) is 7.03. The highest BCUT2D eigenvalue weighted by atomic mass is 35.5. The van der Waals surface area contributed by atoms with Crippen LogP contribution in [0.3, 0.4) is 0 Å². The van der Waals surface area contributed by atoms with Gasteiger partial charge in [0.1, 0.15) is 23.9 Å². The van der Waals surface area contributed by atoms with Crippen molar-refractivity contribution in [3.8, 4) is 5.75 Å². The number of aliphatic hydroxyl groups excluding tert-OH is 1. The van der Waals surface area contributed by atoms with Gasteiger partial charge in [-0.2, -0.15) is 0 Å². The van der Waals surface area contributed by atoms with E-state index in [1.165, 1.54) is 6.07 Å². The molecule has 4 amide bonds. The maximum atomic E-state index is 14.1. The van der Waals surface area contributed by atoms with Crippen molar-refractivity contribution in [3.63, 3.8) is 0 Å². The molecule has 0 bridgehead atoms. The van der Waals surface area contributed by atoms with Gasteiger partial charge in [-0.3, -0.25) is 24.2 Å².